The predicted octanol–water partition coefficient (Wildman–Crippen LogP) is 7.93. The molecule has 0 radical (unpaired) electrons. The van der Waals surface area contributed by atoms with E-state index in [1.807, 2.05) is 0 Å². The van der Waals surface area contributed by atoms with Crippen molar-refractivity contribution in [3.8, 4) is 0 Å². The van der Waals surface area contributed by atoms with E-state index in [9.17, 15) is 0 Å². The lowest BCUT2D eigenvalue weighted by Crippen LogP contribution is -1.83. The fraction of sp³-hybridized carbons (Fsp3) is 0.0714. The molecule has 0 fully saturated rings. The highest BCUT2D eigenvalue weighted by Crippen LogP contribution is 2.33. The first kappa shape index (κ1) is 16.8. The quantitative estimate of drug-likeness (QED) is 0.222. The SMILES string of the molecule is Cc1cc(C)cc(/C=C/c2ccc3ccc4ccc5ccccc5c4c3c2)c1. The summed E-state index contributed by atoms with van der Waals surface area (Å²) in [4.78, 5) is 0. The third-order valence-corrected chi connectivity index (χ3v) is 5.46. The topological polar surface area (TPSA) is 0 Å². The first-order valence-electron chi connectivity index (χ1n) is 9.78. The molecule has 0 spiro atoms. The lowest BCUT2D eigenvalue weighted by atomic mass is 9.95. The first-order chi connectivity index (χ1) is 13.7. The highest BCUT2D eigenvalue weighted by Gasteiger charge is 2.05. The van der Waals surface area contributed by atoms with Gasteiger partial charge in [0.05, 0.1) is 0 Å². The van der Waals surface area contributed by atoms with Crippen molar-refractivity contribution in [3.63, 3.8) is 0 Å². The van der Waals surface area contributed by atoms with Crippen molar-refractivity contribution in [2.75, 3.05) is 0 Å². The van der Waals surface area contributed by atoms with Crippen molar-refractivity contribution < 1.29 is 0 Å². The molecule has 134 valence electrons. The molecule has 5 rings (SSSR count). The minimum atomic E-state index is 1.23. The van der Waals surface area contributed by atoms with Gasteiger partial charge < -0.3 is 0 Å². The van der Waals surface area contributed by atoms with Gasteiger partial charge in [-0.05, 0) is 63.4 Å². The van der Waals surface area contributed by atoms with Crippen LogP contribution in [-0.2, 0) is 0 Å². The van der Waals surface area contributed by atoms with Gasteiger partial charge in [0.15, 0.2) is 0 Å². The molecule has 0 heterocycles. The van der Waals surface area contributed by atoms with Gasteiger partial charge in [-0.1, -0.05) is 102 Å². The van der Waals surface area contributed by atoms with Gasteiger partial charge in [0.25, 0.3) is 0 Å². The lowest BCUT2D eigenvalue weighted by molar-refractivity contribution is 1.37. The number of hydrogen-bond acceptors (Lipinski definition) is 0. The Morgan fingerprint density at radius 2 is 1.11 bits per heavy atom. The van der Waals surface area contributed by atoms with E-state index >= 15 is 0 Å². The van der Waals surface area contributed by atoms with E-state index in [2.05, 4.69) is 111 Å². The van der Waals surface area contributed by atoms with Crippen LogP contribution in [0.4, 0.5) is 0 Å². The largest absolute Gasteiger partial charge is 0.0616 e. The monoisotopic (exact) mass is 358 g/mol. The van der Waals surface area contributed by atoms with Crippen molar-refractivity contribution in [1.29, 1.82) is 0 Å². The Kier molecular flexibility index (Phi) is 3.98. The number of rotatable bonds is 2. The maximum Gasteiger partial charge on any atom is -0.00266 e. The van der Waals surface area contributed by atoms with Crippen LogP contribution in [0.25, 0.3) is 44.5 Å². The van der Waals surface area contributed by atoms with E-state index < -0.39 is 0 Å². The molecular weight excluding hydrogens is 336 g/mol. The van der Waals surface area contributed by atoms with Crippen LogP contribution in [0.1, 0.15) is 22.3 Å². The van der Waals surface area contributed by atoms with Gasteiger partial charge in [-0.25, -0.2) is 0 Å². The Labute approximate surface area is 165 Å². The first-order valence-corrected chi connectivity index (χ1v) is 9.78. The Balaban J connectivity index is 1.70. The van der Waals surface area contributed by atoms with Crippen molar-refractivity contribution in [2.45, 2.75) is 13.8 Å². The van der Waals surface area contributed by atoms with Gasteiger partial charge >= 0.3 is 0 Å². The molecule has 5 aromatic rings. The van der Waals surface area contributed by atoms with Crippen LogP contribution in [0.2, 0.25) is 0 Å². The Bertz CT molecular complexity index is 1340. The summed E-state index contributed by atoms with van der Waals surface area (Å²) in [5.74, 6) is 0. The zero-order chi connectivity index (χ0) is 19.1. The van der Waals surface area contributed by atoms with Crippen LogP contribution < -0.4 is 0 Å². The third kappa shape index (κ3) is 2.97. The second-order valence-electron chi connectivity index (χ2n) is 7.69. The van der Waals surface area contributed by atoms with Crippen molar-refractivity contribution in [2.24, 2.45) is 0 Å². The predicted molar refractivity (Wildman–Crippen MR) is 124 cm³/mol. The normalized spacial score (nSPS) is 11.8. The maximum absolute atomic E-state index is 2.32. The molecule has 0 aromatic heterocycles. The number of benzene rings is 5. The molecule has 0 unspecified atom stereocenters. The summed E-state index contributed by atoms with van der Waals surface area (Å²) in [5.41, 5.74) is 5.08. The minimum absolute atomic E-state index is 1.23. The molecule has 0 bridgehead atoms. The van der Waals surface area contributed by atoms with Crippen molar-refractivity contribution in [1.82, 2.24) is 0 Å². The zero-order valence-corrected chi connectivity index (χ0v) is 16.2. The summed E-state index contributed by atoms with van der Waals surface area (Å²) in [6.45, 7) is 4.30. The third-order valence-electron chi connectivity index (χ3n) is 5.46. The van der Waals surface area contributed by atoms with Gasteiger partial charge in [-0.3, -0.25) is 0 Å². The highest BCUT2D eigenvalue weighted by molar-refractivity contribution is 6.20. The number of fused-ring (bicyclic) bond motifs is 5. The van der Waals surface area contributed by atoms with Crippen molar-refractivity contribution >= 4 is 44.5 Å². The average Bonchev–Trinajstić information content (AvgIpc) is 2.71. The molecule has 28 heavy (non-hydrogen) atoms. The van der Waals surface area contributed by atoms with Gasteiger partial charge in [-0.15, -0.1) is 0 Å². The summed E-state index contributed by atoms with van der Waals surface area (Å²) in [6.07, 6.45) is 4.43. The van der Waals surface area contributed by atoms with Crippen LogP contribution in [0.5, 0.6) is 0 Å². The Morgan fingerprint density at radius 3 is 1.89 bits per heavy atom. The van der Waals surface area contributed by atoms with E-state index in [0.29, 0.717) is 0 Å². The smallest absolute Gasteiger partial charge is 0.00266 e. The van der Waals surface area contributed by atoms with Crippen LogP contribution in [0.3, 0.4) is 0 Å². The Morgan fingerprint density at radius 1 is 0.500 bits per heavy atom. The summed E-state index contributed by atoms with van der Waals surface area (Å²) < 4.78 is 0. The summed E-state index contributed by atoms with van der Waals surface area (Å²) in [5, 5.41) is 7.85. The second kappa shape index (κ2) is 6.65. The zero-order valence-electron chi connectivity index (χ0n) is 16.2. The van der Waals surface area contributed by atoms with Gasteiger partial charge in [-0.2, -0.15) is 0 Å². The molecule has 0 saturated carbocycles. The lowest BCUT2D eigenvalue weighted by Gasteiger charge is -2.09. The van der Waals surface area contributed by atoms with Crippen molar-refractivity contribution in [3.05, 3.63) is 107 Å². The molecule has 0 aliphatic rings. The molecule has 0 N–H and O–H groups in total. The molecule has 5 aromatic carbocycles. The molecule has 0 amide bonds. The van der Waals surface area contributed by atoms with E-state index in [-0.39, 0.29) is 0 Å². The van der Waals surface area contributed by atoms with E-state index in [0.717, 1.165) is 0 Å². The Hall–Kier alpha value is -3.38. The van der Waals surface area contributed by atoms with Crippen LogP contribution in [0, 0.1) is 13.8 Å². The number of aryl methyl sites for hydroxylation is 2. The van der Waals surface area contributed by atoms with Crippen LogP contribution in [0.15, 0.2) is 84.9 Å². The maximum atomic E-state index is 2.32. The standard InChI is InChI=1S/C28H22/c1-19-15-20(2)17-22(16-19)8-7-21-9-10-24-12-14-25-13-11-23-5-3-4-6-26(23)28(25)27(24)18-21/h3-18H,1-2H3/b8-7+. The average molecular weight is 358 g/mol. The summed E-state index contributed by atoms with van der Waals surface area (Å²) >= 11 is 0. The minimum Gasteiger partial charge on any atom is -0.0616 e. The highest BCUT2D eigenvalue weighted by atomic mass is 14.1. The van der Waals surface area contributed by atoms with Crippen LogP contribution >= 0.6 is 0 Å². The molecule has 0 nitrogen and oxygen atoms in total. The van der Waals surface area contributed by atoms with E-state index in [4.69, 9.17) is 0 Å². The fourth-order valence-corrected chi connectivity index (χ4v) is 4.25. The molecule has 0 atom stereocenters. The molecule has 0 aliphatic heterocycles. The summed E-state index contributed by atoms with van der Waals surface area (Å²) in [6, 6.07) is 31.0. The molecule has 0 heteroatoms. The van der Waals surface area contributed by atoms with E-state index in [1.165, 1.54) is 54.6 Å². The molecule has 0 saturated heterocycles. The van der Waals surface area contributed by atoms with Gasteiger partial charge in [0.1, 0.15) is 0 Å². The molecular formula is C28H22. The number of hydrogen-bond donors (Lipinski definition) is 0. The van der Waals surface area contributed by atoms with E-state index in [1.54, 1.807) is 0 Å². The van der Waals surface area contributed by atoms with Gasteiger partial charge in [0, 0.05) is 0 Å². The second-order valence-corrected chi connectivity index (χ2v) is 7.69. The fourth-order valence-electron chi connectivity index (χ4n) is 4.25. The summed E-state index contributed by atoms with van der Waals surface area (Å²) in [7, 11) is 0. The molecule has 0 aliphatic carbocycles. The van der Waals surface area contributed by atoms with Crippen LogP contribution in [-0.4, -0.2) is 0 Å². The van der Waals surface area contributed by atoms with Gasteiger partial charge in [0.2, 0.25) is 0 Å².